The minimum atomic E-state index is -0.192. The number of benzene rings is 3. The van der Waals surface area contributed by atoms with Crippen molar-refractivity contribution >= 4 is 78.1 Å². The number of methoxy groups -OCH3 is 1. The van der Waals surface area contributed by atoms with E-state index < -0.39 is 0 Å². The van der Waals surface area contributed by atoms with Crippen molar-refractivity contribution in [3.05, 3.63) is 90.7 Å². The van der Waals surface area contributed by atoms with Crippen LogP contribution in [0.3, 0.4) is 0 Å². The van der Waals surface area contributed by atoms with E-state index in [1.54, 1.807) is 7.11 Å². The van der Waals surface area contributed by atoms with Crippen molar-refractivity contribution in [3.8, 4) is 11.5 Å². The van der Waals surface area contributed by atoms with Crippen LogP contribution in [-0.4, -0.2) is 18.2 Å². The number of hydrogen-bond acceptors (Lipinski definition) is 5. The monoisotopic (exact) mass is 606 g/mol. The number of halogens is 3. The molecule has 1 heterocycles. The van der Waals surface area contributed by atoms with Crippen molar-refractivity contribution in [3.63, 3.8) is 0 Å². The predicted octanol–water partition coefficient (Wildman–Crippen LogP) is 7.34. The minimum absolute atomic E-state index is 0.192. The van der Waals surface area contributed by atoms with Gasteiger partial charge in [0.1, 0.15) is 18.1 Å². The maximum absolute atomic E-state index is 12.4. The molecule has 4 rings (SSSR count). The van der Waals surface area contributed by atoms with Crippen molar-refractivity contribution < 1.29 is 14.3 Å². The van der Waals surface area contributed by atoms with Gasteiger partial charge in [-0.3, -0.25) is 4.79 Å². The van der Waals surface area contributed by atoms with Gasteiger partial charge in [-0.05, 0) is 109 Å². The third kappa shape index (κ3) is 6.20. The summed E-state index contributed by atoms with van der Waals surface area (Å²) in [6.45, 7) is 0.401. The summed E-state index contributed by atoms with van der Waals surface area (Å²) in [5.74, 6) is 1.24. The van der Waals surface area contributed by atoms with Gasteiger partial charge in [0.25, 0.3) is 5.91 Å². The summed E-state index contributed by atoms with van der Waals surface area (Å²) in [5.41, 5.74) is 2.58. The van der Waals surface area contributed by atoms with Gasteiger partial charge >= 0.3 is 0 Å². The lowest BCUT2D eigenvalue weighted by atomic mass is 10.2. The predicted molar refractivity (Wildman–Crippen MR) is 141 cm³/mol. The Labute approximate surface area is 217 Å². The number of carbonyl (C=O) groups is 1. The number of amides is 1. The third-order valence-electron chi connectivity index (χ3n) is 4.57. The van der Waals surface area contributed by atoms with Gasteiger partial charge in [-0.2, -0.15) is 0 Å². The van der Waals surface area contributed by atoms with Crippen LogP contribution in [0.5, 0.6) is 11.5 Å². The molecular formula is C24H17Br2ClN2O3S. The molecule has 33 heavy (non-hydrogen) atoms. The summed E-state index contributed by atoms with van der Waals surface area (Å²) in [6, 6.07) is 18.6. The summed E-state index contributed by atoms with van der Waals surface area (Å²) in [5, 5.41) is 4.01. The van der Waals surface area contributed by atoms with Gasteiger partial charge in [-0.15, -0.1) is 0 Å². The Hall–Kier alpha value is -2.26. The smallest absolute Gasteiger partial charge is 0.264 e. The molecule has 0 radical (unpaired) electrons. The summed E-state index contributed by atoms with van der Waals surface area (Å²) < 4.78 is 12.7. The Balaban J connectivity index is 1.48. The number of ether oxygens (including phenoxy) is 2. The highest BCUT2D eigenvalue weighted by Crippen LogP contribution is 2.37. The van der Waals surface area contributed by atoms with Crippen LogP contribution in [0.1, 0.15) is 11.1 Å². The first-order chi connectivity index (χ1) is 15.9. The second-order valence-electron chi connectivity index (χ2n) is 6.91. The van der Waals surface area contributed by atoms with Crippen LogP contribution in [0, 0.1) is 0 Å². The van der Waals surface area contributed by atoms with Crippen LogP contribution >= 0.6 is 55.2 Å². The summed E-state index contributed by atoms with van der Waals surface area (Å²) >= 11 is 14.4. The van der Waals surface area contributed by atoms with E-state index in [2.05, 4.69) is 42.2 Å². The second kappa shape index (κ2) is 10.8. The molecule has 0 unspecified atom stereocenters. The first-order valence-electron chi connectivity index (χ1n) is 9.71. The largest absolute Gasteiger partial charge is 0.497 e. The van der Waals surface area contributed by atoms with E-state index in [1.165, 1.54) is 11.8 Å². The topological polar surface area (TPSA) is 59.9 Å². The molecule has 0 aromatic heterocycles. The van der Waals surface area contributed by atoms with Crippen LogP contribution in [-0.2, 0) is 11.4 Å². The lowest BCUT2D eigenvalue weighted by molar-refractivity contribution is -0.115. The first kappa shape index (κ1) is 23.9. The molecule has 0 bridgehead atoms. The van der Waals surface area contributed by atoms with Gasteiger partial charge in [0.05, 0.1) is 26.6 Å². The lowest BCUT2D eigenvalue weighted by Crippen LogP contribution is -2.19. The zero-order valence-electron chi connectivity index (χ0n) is 17.3. The van der Waals surface area contributed by atoms with Crippen LogP contribution in [0.2, 0.25) is 5.02 Å². The van der Waals surface area contributed by atoms with Gasteiger partial charge in [0.15, 0.2) is 5.17 Å². The highest BCUT2D eigenvalue weighted by molar-refractivity contribution is 9.11. The van der Waals surface area contributed by atoms with Crippen molar-refractivity contribution in [1.29, 1.82) is 0 Å². The van der Waals surface area contributed by atoms with E-state index in [0.29, 0.717) is 27.5 Å². The molecule has 0 atom stereocenters. The standard InChI is InChI=1S/C24H17Br2ClN2O3S/c1-31-18-8-6-17(7-9-18)28-24-29-23(30)21(33-24)12-15-10-19(25)22(20(26)11-15)32-13-14-2-4-16(27)5-3-14/h2-12H,13H2,1H3,(H,28,29,30)/b21-12-. The molecule has 3 aromatic rings. The van der Waals surface area contributed by atoms with E-state index in [-0.39, 0.29) is 5.91 Å². The number of hydrogen-bond donors (Lipinski definition) is 1. The molecule has 0 saturated carbocycles. The highest BCUT2D eigenvalue weighted by Gasteiger charge is 2.24. The maximum atomic E-state index is 12.4. The van der Waals surface area contributed by atoms with Crippen LogP contribution in [0.4, 0.5) is 5.69 Å². The quantitative estimate of drug-likeness (QED) is 0.298. The van der Waals surface area contributed by atoms with Crippen molar-refractivity contribution in [1.82, 2.24) is 5.32 Å². The lowest BCUT2D eigenvalue weighted by Gasteiger charge is -2.11. The van der Waals surface area contributed by atoms with E-state index in [9.17, 15) is 4.79 Å². The van der Waals surface area contributed by atoms with Crippen molar-refractivity contribution in [2.24, 2.45) is 4.99 Å². The Morgan fingerprint density at radius 3 is 2.36 bits per heavy atom. The van der Waals surface area contributed by atoms with E-state index in [4.69, 9.17) is 21.1 Å². The molecule has 1 amide bonds. The average Bonchev–Trinajstić information content (AvgIpc) is 3.13. The molecule has 168 valence electrons. The Morgan fingerprint density at radius 2 is 1.73 bits per heavy atom. The molecule has 0 aliphatic carbocycles. The number of amidine groups is 1. The first-order valence-corrected chi connectivity index (χ1v) is 12.5. The van der Waals surface area contributed by atoms with Gasteiger partial charge in [0.2, 0.25) is 0 Å². The maximum Gasteiger partial charge on any atom is 0.264 e. The van der Waals surface area contributed by atoms with Crippen LogP contribution in [0.25, 0.3) is 6.08 Å². The molecule has 1 aliphatic heterocycles. The number of rotatable bonds is 6. The van der Waals surface area contributed by atoms with Crippen LogP contribution in [0.15, 0.2) is 79.5 Å². The molecule has 0 spiro atoms. The molecule has 1 N–H and O–H groups in total. The van der Waals surface area contributed by atoms with Crippen molar-refractivity contribution in [2.75, 3.05) is 7.11 Å². The fraction of sp³-hybridized carbons (Fsp3) is 0.0833. The van der Waals surface area contributed by atoms with Gasteiger partial charge in [-0.25, -0.2) is 4.99 Å². The fourth-order valence-electron chi connectivity index (χ4n) is 2.94. The Kier molecular flexibility index (Phi) is 7.80. The fourth-order valence-corrected chi connectivity index (χ4v) is 5.36. The third-order valence-corrected chi connectivity index (χ3v) is 6.91. The van der Waals surface area contributed by atoms with Gasteiger partial charge < -0.3 is 14.8 Å². The zero-order valence-corrected chi connectivity index (χ0v) is 22.0. The van der Waals surface area contributed by atoms with Gasteiger partial charge in [-0.1, -0.05) is 23.7 Å². The number of carbonyl (C=O) groups excluding carboxylic acids is 1. The number of aliphatic imine (C=N–C) groups is 1. The average molecular weight is 609 g/mol. The highest BCUT2D eigenvalue weighted by atomic mass is 79.9. The number of nitrogens with zero attached hydrogens (tertiary/aromatic N) is 1. The van der Waals surface area contributed by atoms with E-state index >= 15 is 0 Å². The number of thioether (sulfide) groups is 1. The molecule has 5 nitrogen and oxygen atoms in total. The van der Waals surface area contributed by atoms with E-state index in [1.807, 2.05) is 66.7 Å². The zero-order chi connectivity index (χ0) is 23.4. The summed E-state index contributed by atoms with van der Waals surface area (Å²) in [4.78, 5) is 17.5. The Bertz CT molecular complexity index is 1220. The summed E-state index contributed by atoms with van der Waals surface area (Å²) in [6.07, 6.45) is 1.81. The number of nitrogens with one attached hydrogen (secondary N) is 1. The molecule has 1 aliphatic rings. The molecule has 1 saturated heterocycles. The normalized spacial score (nSPS) is 15.7. The molecule has 1 fully saturated rings. The summed E-state index contributed by atoms with van der Waals surface area (Å²) in [7, 11) is 1.61. The Morgan fingerprint density at radius 1 is 1.06 bits per heavy atom. The second-order valence-corrected chi connectivity index (χ2v) is 10.1. The van der Waals surface area contributed by atoms with E-state index in [0.717, 1.165) is 31.5 Å². The SMILES string of the molecule is COc1ccc(N=C2NC(=O)/C(=C/c3cc(Br)c(OCc4ccc(Cl)cc4)c(Br)c3)S2)cc1. The molecular weight excluding hydrogens is 592 g/mol. The molecule has 3 aromatic carbocycles. The van der Waals surface area contributed by atoms with Crippen LogP contribution < -0.4 is 14.8 Å². The molecule has 9 heteroatoms. The van der Waals surface area contributed by atoms with Crippen molar-refractivity contribution in [2.45, 2.75) is 6.61 Å². The van der Waals surface area contributed by atoms with Gasteiger partial charge in [0, 0.05) is 5.02 Å². The minimum Gasteiger partial charge on any atom is -0.497 e.